The molecule has 7 nitrogen and oxygen atoms in total. The lowest BCUT2D eigenvalue weighted by atomic mass is 10.2. The number of benzene rings is 1. The normalized spacial score (nSPS) is 13.1. The lowest BCUT2D eigenvalue weighted by molar-refractivity contribution is 0.102. The van der Waals surface area contributed by atoms with Gasteiger partial charge in [-0.15, -0.1) is 0 Å². The van der Waals surface area contributed by atoms with Gasteiger partial charge in [0.25, 0.3) is 11.6 Å². The first-order chi connectivity index (χ1) is 10.8. The third-order valence-corrected chi connectivity index (χ3v) is 3.29. The highest BCUT2D eigenvalue weighted by Crippen LogP contribution is 2.31. The van der Waals surface area contributed by atoms with Crippen LogP contribution in [0, 0.1) is 0 Å². The number of hydrogen-bond donors (Lipinski definition) is 1. The van der Waals surface area contributed by atoms with Crippen LogP contribution >= 0.6 is 0 Å². The molecule has 4 rings (SSSR count). The van der Waals surface area contributed by atoms with E-state index in [9.17, 15) is 4.79 Å². The van der Waals surface area contributed by atoms with Crippen LogP contribution in [0.4, 0.5) is 5.82 Å². The molecule has 1 amide bonds. The molecule has 1 N–H and O–H groups in total. The lowest BCUT2D eigenvalue weighted by Crippen LogP contribution is -2.17. The van der Waals surface area contributed by atoms with Gasteiger partial charge in [0, 0.05) is 11.8 Å². The predicted octanol–water partition coefficient (Wildman–Crippen LogP) is 2.25. The molecule has 0 radical (unpaired) electrons. The van der Waals surface area contributed by atoms with E-state index in [1.807, 2.05) is 0 Å². The van der Waals surface area contributed by atoms with E-state index < -0.39 is 0 Å². The van der Waals surface area contributed by atoms with Gasteiger partial charge in [-0.3, -0.25) is 4.79 Å². The first kappa shape index (κ1) is 12.6. The molecule has 110 valence electrons. The minimum absolute atomic E-state index is 0.309. The second-order valence-electron chi connectivity index (χ2n) is 4.70. The number of nitrogens with zero attached hydrogens (tertiary/aromatic N) is 2. The fourth-order valence-electron chi connectivity index (χ4n) is 2.24. The highest BCUT2D eigenvalue weighted by atomic mass is 16.6. The number of amides is 1. The number of fused-ring (bicyclic) bond motifs is 2. The molecular weight excluding hydrogens is 286 g/mol. The Labute approximate surface area is 124 Å². The number of ether oxygens (including phenoxy) is 2. The van der Waals surface area contributed by atoms with Gasteiger partial charge in [0.15, 0.2) is 17.3 Å². The maximum Gasteiger partial charge on any atom is 0.259 e. The average molecular weight is 297 g/mol. The van der Waals surface area contributed by atoms with Gasteiger partial charge in [0.2, 0.25) is 0 Å². The van der Waals surface area contributed by atoms with Crippen molar-refractivity contribution in [1.29, 1.82) is 0 Å². The van der Waals surface area contributed by atoms with E-state index in [-0.39, 0.29) is 5.91 Å². The van der Waals surface area contributed by atoms with Gasteiger partial charge in [-0.1, -0.05) is 5.16 Å². The Balaban J connectivity index is 1.62. The second kappa shape index (κ2) is 5.03. The number of carbonyl (C=O) groups is 1. The maximum atomic E-state index is 12.3. The molecule has 0 aliphatic carbocycles. The van der Waals surface area contributed by atoms with Crippen molar-refractivity contribution in [3.05, 3.63) is 42.1 Å². The highest BCUT2D eigenvalue weighted by molar-refractivity contribution is 6.07. The molecule has 1 aromatic carbocycles. The number of carbonyl (C=O) groups excluding carboxylic acids is 1. The zero-order valence-corrected chi connectivity index (χ0v) is 11.4. The number of anilines is 1. The summed E-state index contributed by atoms with van der Waals surface area (Å²) in [5.74, 6) is 1.23. The van der Waals surface area contributed by atoms with Crippen molar-refractivity contribution in [2.75, 3.05) is 18.5 Å². The number of aromatic nitrogens is 2. The summed E-state index contributed by atoms with van der Waals surface area (Å²) in [4.78, 5) is 16.4. The van der Waals surface area contributed by atoms with Crippen molar-refractivity contribution >= 4 is 22.8 Å². The summed E-state index contributed by atoms with van der Waals surface area (Å²) < 4.78 is 16.0. The highest BCUT2D eigenvalue weighted by Gasteiger charge is 2.17. The molecule has 1 aliphatic rings. The van der Waals surface area contributed by atoms with Crippen molar-refractivity contribution in [3.8, 4) is 11.5 Å². The number of rotatable bonds is 2. The first-order valence-electron chi connectivity index (χ1n) is 6.73. The van der Waals surface area contributed by atoms with Crippen molar-refractivity contribution < 1.29 is 18.8 Å². The molecule has 0 atom stereocenters. The fourth-order valence-corrected chi connectivity index (χ4v) is 2.24. The van der Waals surface area contributed by atoms with Crippen LogP contribution < -0.4 is 14.8 Å². The molecule has 3 heterocycles. The number of pyridine rings is 1. The topological polar surface area (TPSA) is 86.5 Å². The smallest absolute Gasteiger partial charge is 0.259 e. The standard InChI is InChI=1S/C15H11N3O4/c19-14(9-3-4-11-12(8-9)21-7-6-20-11)17-13-10-2-1-5-16-15(10)22-18-13/h1-5,8H,6-7H2,(H,17,18,19). The van der Waals surface area contributed by atoms with Crippen LogP contribution in [0.1, 0.15) is 10.4 Å². The quantitative estimate of drug-likeness (QED) is 0.780. The van der Waals surface area contributed by atoms with Crippen molar-refractivity contribution in [1.82, 2.24) is 10.1 Å². The van der Waals surface area contributed by atoms with E-state index in [1.165, 1.54) is 0 Å². The Morgan fingerprint density at radius 2 is 2.00 bits per heavy atom. The third kappa shape index (κ3) is 2.12. The Hall–Kier alpha value is -3.09. The van der Waals surface area contributed by atoms with Crippen LogP contribution in [0.5, 0.6) is 11.5 Å². The van der Waals surface area contributed by atoms with Crippen LogP contribution in [-0.4, -0.2) is 29.3 Å². The SMILES string of the molecule is O=C(Nc1noc2ncccc12)c1ccc2c(c1)OCCO2. The molecule has 22 heavy (non-hydrogen) atoms. The zero-order chi connectivity index (χ0) is 14.9. The van der Waals surface area contributed by atoms with Crippen LogP contribution in [0.25, 0.3) is 11.1 Å². The molecule has 0 saturated heterocycles. The molecule has 0 spiro atoms. The van der Waals surface area contributed by atoms with E-state index in [4.69, 9.17) is 14.0 Å². The van der Waals surface area contributed by atoms with Gasteiger partial charge in [0.05, 0.1) is 5.39 Å². The summed E-state index contributed by atoms with van der Waals surface area (Å²) in [5.41, 5.74) is 0.823. The summed E-state index contributed by atoms with van der Waals surface area (Å²) in [6, 6.07) is 8.55. The minimum Gasteiger partial charge on any atom is -0.486 e. The third-order valence-electron chi connectivity index (χ3n) is 3.29. The Morgan fingerprint density at radius 1 is 1.14 bits per heavy atom. The van der Waals surface area contributed by atoms with Gasteiger partial charge in [-0.25, -0.2) is 4.98 Å². The summed E-state index contributed by atoms with van der Waals surface area (Å²) in [6.07, 6.45) is 1.60. The predicted molar refractivity (Wildman–Crippen MR) is 77.2 cm³/mol. The first-order valence-corrected chi connectivity index (χ1v) is 6.73. The Morgan fingerprint density at radius 3 is 2.91 bits per heavy atom. The maximum absolute atomic E-state index is 12.3. The lowest BCUT2D eigenvalue weighted by Gasteiger charge is -2.18. The molecule has 1 aliphatic heterocycles. The zero-order valence-electron chi connectivity index (χ0n) is 11.4. The Kier molecular flexibility index (Phi) is 2.89. The molecule has 7 heteroatoms. The van der Waals surface area contributed by atoms with Gasteiger partial charge < -0.3 is 19.3 Å². The minimum atomic E-state index is -0.309. The van der Waals surface area contributed by atoms with Crippen LogP contribution in [0.15, 0.2) is 41.1 Å². The van der Waals surface area contributed by atoms with Gasteiger partial charge in [0.1, 0.15) is 13.2 Å². The largest absolute Gasteiger partial charge is 0.486 e. The van der Waals surface area contributed by atoms with Crippen molar-refractivity contribution in [2.45, 2.75) is 0 Å². The summed E-state index contributed by atoms with van der Waals surface area (Å²) in [6.45, 7) is 0.980. The van der Waals surface area contributed by atoms with E-state index in [1.54, 1.807) is 36.5 Å². The van der Waals surface area contributed by atoms with E-state index in [0.29, 0.717) is 47.2 Å². The molecule has 0 bridgehead atoms. The van der Waals surface area contributed by atoms with Gasteiger partial charge >= 0.3 is 0 Å². The van der Waals surface area contributed by atoms with Crippen molar-refractivity contribution in [2.24, 2.45) is 0 Å². The van der Waals surface area contributed by atoms with Crippen LogP contribution in [0.2, 0.25) is 0 Å². The molecule has 0 fully saturated rings. The summed E-state index contributed by atoms with van der Waals surface area (Å²) >= 11 is 0. The van der Waals surface area contributed by atoms with E-state index in [2.05, 4.69) is 15.5 Å². The van der Waals surface area contributed by atoms with Gasteiger partial charge in [-0.2, -0.15) is 0 Å². The Bertz CT molecular complexity index is 859. The molecular formula is C15H11N3O4. The van der Waals surface area contributed by atoms with Crippen LogP contribution in [0.3, 0.4) is 0 Å². The molecule has 2 aromatic heterocycles. The van der Waals surface area contributed by atoms with Gasteiger partial charge in [-0.05, 0) is 30.3 Å². The fraction of sp³-hybridized carbons (Fsp3) is 0.133. The second-order valence-corrected chi connectivity index (χ2v) is 4.70. The molecule has 3 aromatic rings. The average Bonchev–Trinajstić information content (AvgIpc) is 2.97. The number of nitrogens with one attached hydrogen (secondary N) is 1. The molecule has 0 saturated carbocycles. The van der Waals surface area contributed by atoms with E-state index in [0.717, 1.165) is 0 Å². The molecule has 0 unspecified atom stereocenters. The van der Waals surface area contributed by atoms with Crippen LogP contribution in [-0.2, 0) is 0 Å². The summed E-state index contributed by atoms with van der Waals surface area (Å²) in [5, 5.41) is 7.18. The van der Waals surface area contributed by atoms with Crippen molar-refractivity contribution in [3.63, 3.8) is 0 Å². The van der Waals surface area contributed by atoms with E-state index >= 15 is 0 Å². The number of hydrogen-bond acceptors (Lipinski definition) is 6. The monoisotopic (exact) mass is 297 g/mol. The summed E-state index contributed by atoms with van der Waals surface area (Å²) in [7, 11) is 0.